The van der Waals surface area contributed by atoms with Crippen molar-refractivity contribution >= 4 is 11.5 Å². The molecule has 3 rings (SSSR count). The molecule has 0 aliphatic carbocycles. The van der Waals surface area contributed by atoms with Crippen LogP contribution in [0.5, 0.6) is 5.75 Å². The van der Waals surface area contributed by atoms with Crippen molar-refractivity contribution in [2.24, 2.45) is 0 Å². The molecule has 0 aromatic heterocycles. The molecule has 2 aromatic rings. The molecular formula is C21H23NO2. The number of benzene rings is 2. The summed E-state index contributed by atoms with van der Waals surface area (Å²) in [4.78, 5) is 13.4. The molecule has 0 amide bonds. The van der Waals surface area contributed by atoms with E-state index in [-0.39, 0.29) is 5.78 Å². The standard InChI is InChI=1S/C21H23NO2/c1-4-5-18-10-15(2)21-19(12-18)13-22(14-24-21)20-8-6-17(7-9-20)11-16(3)23/h4,6-10,12H,1,5,11,13-14H2,2-3H3. The van der Waals surface area contributed by atoms with Crippen molar-refractivity contribution in [2.45, 2.75) is 33.2 Å². The van der Waals surface area contributed by atoms with E-state index in [1.165, 1.54) is 16.7 Å². The second-order valence-electron chi connectivity index (χ2n) is 6.41. The van der Waals surface area contributed by atoms with E-state index in [1.54, 1.807) is 6.92 Å². The van der Waals surface area contributed by atoms with Crippen molar-refractivity contribution in [3.8, 4) is 5.75 Å². The molecule has 3 nitrogen and oxygen atoms in total. The molecule has 1 aliphatic heterocycles. The van der Waals surface area contributed by atoms with E-state index in [9.17, 15) is 4.79 Å². The smallest absolute Gasteiger partial charge is 0.161 e. The predicted octanol–water partition coefficient (Wildman–Crippen LogP) is 4.21. The maximum absolute atomic E-state index is 11.2. The third-order valence-electron chi connectivity index (χ3n) is 4.27. The van der Waals surface area contributed by atoms with E-state index in [0.717, 1.165) is 30.0 Å². The van der Waals surface area contributed by atoms with Crippen molar-refractivity contribution < 1.29 is 9.53 Å². The van der Waals surface area contributed by atoms with Crippen LogP contribution < -0.4 is 9.64 Å². The van der Waals surface area contributed by atoms with Crippen molar-refractivity contribution in [3.63, 3.8) is 0 Å². The second kappa shape index (κ2) is 6.91. The van der Waals surface area contributed by atoms with Gasteiger partial charge in [-0.25, -0.2) is 0 Å². The van der Waals surface area contributed by atoms with Gasteiger partial charge in [0.05, 0.1) is 0 Å². The number of carbonyl (C=O) groups excluding carboxylic acids is 1. The van der Waals surface area contributed by atoms with Gasteiger partial charge < -0.3 is 9.64 Å². The number of aryl methyl sites for hydroxylation is 1. The number of anilines is 1. The minimum absolute atomic E-state index is 0.184. The van der Waals surface area contributed by atoms with Gasteiger partial charge in [0.2, 0.25) is 0 Å². The summed E-state index contributed by atoms with van der Waals surface area (Å²) >= 11 is 0. The van der Waals surface area contributed by atoms with Crippen LogP contribution in [0.1, 0.15) is 29.2 Å². The Bertz CT molecular complexity index is 762. The Morgan fingerprint density at radius 1 is 1.25 bits per heavy atom. The molecule has 0 atom stereocenters. The molecule has 124 valence electrons. The molecule has 0 bridgehead atoms. The van der Waals surface area contributed by atoms with Crippen molar-refractivity contribution in [3.05, 3.63) is 71.3 Å². The summed E-state index contributed by atoms with van der Waals surface area (Å²) < 4.78 is 6.00. The largest absolute Gasteiger partial charge is 0.472 e. The fourth-order valence-corrected chi connectivity index (χ4v) is 3.21. The molecule has 0 spiro atoms. The van der Waals surface area contributed by atoms with Gasteiger partial charge in [0, 0.05) is 24.2 Å². The average molecular weight is 321 g/mol. The monoisotopic (exact) mass is 321 g/mol. The van der Waals surface area contributed by atoms with Gasteiger partial charge in [0.15, 0.2) is 6.73 Å². The van der Waals surface area contributed by atoms with Gasteiger partial charge in [0.1, 0.15) is 11.5 Å². The van der Waals surface area contributed by atoms with Crippen LogP contribution in [0.4, 0.5) is 5.69 Å². The zero-order chi connectivity index (χ0) is 17.1. The normalized spacial score (nSPS) is 13.2. The van der Waals surface area contributed by atoms with Crippen LogP contribution in [0.3, 0.4) is 0 Å². The van der Waals surface area contributed by atoms with Gasteiger partial charge in [-0.3, -0.25) is 4.79 Å². The summed E-state index contributed by atoms with van der Waals surface area (Å²) in [5.74, 6) is 1.19. The number of ether oxygens (including phenoxy) is 1. The Labute approximate surface area is 143 Å². The number of rotatable bonds is 5. The number of ketones is 1. The summed E-state index contributed by atoms with van der Waals surface area (Å²) in [5, 5.41) is 0. The quantitative estimate of drug-likeness (QED) is 0.773. The fourth-order valence-electron chi connectivity index (χ4n) is 3.21. The zero-order valence-corrected chi connectivity index (χ0v) is 14.3. The Morgan fingerprint density at radius 3 is 2.67 bits per heavy atom. The second-order valence-corrected chi connectivity index (χ2v) is 6.41. The summed E-state index contributed by atoms with van der Waals surface area (Å²) in [7, 11) is 0. The van der Waals surface area contributed by atoms with Crippen molar-refractivity contribution in [2.75, 3.05) is 11.6 Å². The highest BCUT2D eigenvalue weighted by Crippen LogP contribution is 2.32. The highest BCUT2D eigenvalue weighted by molar-refractivity contribution is 5.78. The molecule has 0 unspecified atom stereocenters. The molecule has 3 heteroatoms. The third-order valence-corrected chi connectivity index (χ3v) is 4.27. The van der Waals surface area contributed by atoms with Gasteiger partial charge in [0.25, 0.3) is 0 Å². The van der Waals surface area contributed by atoms with E-state index in [0.29, 0.717) is 13.2 Å². The Kier molecular flexibility index (Phi) is 4.70. The zero-order valence-electron chi connectivity index (χ0n) is 14.3. The van der Waals surface area contributed by atoms with Crippen LogP contribution in [-0.4, -0.2) is 12.5 Å². The number of allylic oxidation sites excluding steroid dienone is 1. The molecule has 1 heterocycles. The molecule has 0 saturated carbocycles. The number of Topliss-reactive ketones (excluding diaryl/α,β-unsaturated/α-hetero) is 1. The van der Waals surface area contributed by atoms with Crippen molar-refractivity contribution in [1.29, 1.82) is 0 Å². The molecule has 0 N–H and O–H groups in total. The highest BCUT2D eigenvalue weighted by atomic mass is 16.5. The first-order chi connectivity index (χ1) is 11.6. The van der Waals surface area contributed by atoms with E-state index in [4.69, 9.17) is 4.74 Å². The maximum Gasteiger partial charge on any atom is 0.161 e. The lowest BCUT2D eigenvalue weighted by atomic mass is 10.0. The molecule has 0 fully saturated rings. The van der Waals surface area contributed by atoms with Crippen LogP contribution in [0.15, 0.2) is 49.1 Å². The Morgan fingerprint density at radius 2 is 2.00 bits per heavy atom. The minimum Gasteiger partial charge on any atom is -0.472 e. The molecule has 0 radical (unpaired) electrons. The SMILES string of the molecule is C=CCc1cc(C)c2c(c1)CN(c1ccc(CC(C)=O)cc1)CO2. The third kappa shape index (κ3) is 3.51. The van der Waals surface area contributed by atoms with Crippen molar-refractivity contribution in [1.82, 2.24) is 0 Å². The number of fused-ring (bicyclic) bond motifs is 1. The summed E-state index contributed by atoms with van der Waals surface area (Å²) in [6, 6.07) is 12.5. The number of hydrogen-bond donors (Lipinski definition) is 0. The predicted molar refractivity (Wildman–Crippen MR) is 97.6 cm³/mol. The lowest BCUT2D eigenvalue weighted by Gasteiger charge is -2.32. The highest BCUT2D eigenvalue weighted by Gasteiger charge is 2.20. The molecule has 1 aliphatic rings. The van der Waals surface area contributed by atoms with E-state index in [2.05, 4.69) is 42.7 Å². The first kappa shape index (κ1) is 16.3. The average Bonchev–Trinajstić information content (AvgIpc) is 2.55. The molecule has 0 saturated heterocycles. The lowest BCUT2D eigenvalue weighted by Crippen LogP contribution is -2.32. The fraction of sp³-hybridized carbons (Fsp3) is 0.286. The van der Waals surface area contributed by atoms with Gasteiger partial charge in [-0.2, -0.15) is 0 Å². The van der Waals surface area contributed by atoms with Crippen LogP contribution in [0, 0.1) is 6.92 Å². The molecule has 2 aromatic carbocycles. The van der Waals surface area contributed by atoms with Crippen LogP contribution in [0.25, 0.3) is 0 Å². The first-order valence-corrected chi connectivity index (χ1v) is 8.26. The first-order valence-electron chi connectivity index (χ1n) is 8.26. The number of hydrogen-bond acceptors (Lipinski definition) is 3. The van der Waals surface area contributed by atoms with Crippen LogP contribution >= 0.6 is 0 Å². The number of carbonyl (C=O) groups is 1. The minimum atomic E-state index is 0.184. The van der Waals surface area contributed by atoms with E-state index >= 15 is 0 Å². The maximum atomic E-state index is 11.2. The topological polar surface area (TPSA) is 29.5 Å². The van der Waals surface area contributed by atoms with Gasteiger partial charge in [-0.05, 0) is 55.2 Å². The summed E-state index contributed by atoms with van der Waals surface area (Å²) in [6.07, 6.45) is 3.29. The number of nitrogens with zero attached hydrogens (tertiary/aromatic N) is 1. The Hall–Kier alpha value is -2.55. The van der Waals surface area contributed by atoms with Gasteiger partial charge >= 0.3 is 0 Å². The summed E-state index contributed by atoms with van der Waals surface area (Å²) in [6.45, 7) is 8.90. The molecule has 24 heavy (non-hydrogen) atoms. The van der Waals surface area contributed by atoms with E-state index in [1.807, 2.05) is 18.2 Å². The van der Waals surface area contributed by atoms with Crippen LogP contribution in [0.2, 0.25) is 0 Å². The Balaban J connectivity index is 1.81. The van der Waals surface area contributed by atoms with Gasteiger partial charge in [-0.1, -0.05) is 24.3 Å². The lowest BCUT2D eigenvalue weighted by molar-refractivity contribution is -0.116. The summed E-state index contributed by atoms with van der Waals surface area (Å²) in [5.41, 5.74) is 5.82. The van der Waals surface area contributed by atoms with Gasteiger partial charge in [-0.15, -0.1) is 6.58 Å². The van der Waals surface area contributed by atoms with Crippen LogP contribution in [-0.2, 0) is 24.2 Å². The molecular weight excluding hydrogens is 298 g/mol. The van der Waals surface area contributed by atoms with E-state index < -0.39 is 0 Å².